The van der Waals surface area contributed by atoms with Crippen molar-refractivity contribution in [2.45, 2.75) is 50.5 Å². The van der Waals surface area contributed by atoms with Gasteiger partial charge in [-0.2, -0.15) is 0 Å². The monoisotopic (exact) mass is 428 g/mol. The highest BCUT2D eigenvalue weighted by molar-refractivity contribution is 7.89. The molecule has 1 atom stereocenters. The molecule has 1 fully saturated rings. The largest absolute Gasteiger partial charge is 0.496 e. The molecule has 1 N–H and O–H groups in total. The summed E-state index contributed by atoms with van der Waals surface area (Å²) in [6.45, 7) is 4.53. The minimum Gasteiger partial charge on any atom is -0.496 e. The summed E-state index contributed by atoms with van der Waals surface area (Å²) in [4.78, 5) is 14.5. The molecule has 0 radical (unpaired) electrons. The first-order chi connectivity index (χ1) is 14.3. The maximum atomic E-state index is 13.1. The zero-order chi connectivity index (χ0) is 21.5. The summed E-state index contributed by atoms with van der Waals surface area (Å²) >= 11 is 0. The second-order valence-electron chi connectivity index (χ2n) is 8.12. The summed E-state index contributed by atoms with van der Waals surface area (Å²) < 4.78 is 34.3. The molecule has 0 bridgehead atoms. The summed E-state index contributed by atoms with van der Waals surface area (Å²) in [5.74, 6) is 1.10. The van der Waals surface area contributed by atoms with Gasteiger partial charge in [-0.1, -0.05) is 19.1 Å². The number of benzene rings is 2. The molecule has 160 valence electrons. The zero-order valence-corrected chi connectivity index (χ0v) is 18.5. The fraction of sp³-hybridized carbons (Fsp3) is 0.435. The summed E-state index contributed by atoms with van der Waals surface area (Å²) in [5, 5.41) is 0. The van der Waals surface area contributed by atoms with Crippen LogP contribution in [-0.4, -0.2) is 28.0 Å². The molecule has 7 heteroatoms. The molecule has 1 aliphatic heterocycles. The van der Waals surface area contributed by atoms with E-state index in [9.17, 15) is 13.2 Å². The van der Waals surface area contributed by atoms with E-state index in [2.05, 4.69) is 4.72 Å². The lowest BCUT2D eigenvalue weighted by Crippen LogP contribution is -2.30. The van der Waals surface area contributed by atoms with E-state index in [1.165, 1.54) is 0 Å². The second-order valence-corrected chi connectivity index (χ2v) is 9.83. The molecule has 6 nitrogen and oxygen atoms in total. The van der Waals surface area contributed by atoms with Crippen molar-refractivity contribution in [2.75, 3.05) is 18.6 Å². The Bertz CT molecular complexity index is 1080. The van der Waals surface area contributed by atoms with Crippen molar-refractivity contribution in [1.82, 2.24) is 4.72 Å². The Hall–Kier alpha value is -2.38. The fourth-order valence-electron chi connectivity index (χ4n) is 4.09. The van der Waals surface area contributed by atoms with Crippen molar-refractivity contribution >= 4 is 21.6 Å². The summed E-state index contributed by atoms with van der Waals surface area (Å²) in [7, 11) is -2.08. The van der Waals surface area contributed by atoms with E-state index in [-0.39, 0.29) is 22.8 Å². The van der Waals surface area contributed by atoms with Gasteiger partial charge in [0, 0.05) is 24.2 Å². The molecule has 0 aromatic heterocycles. The van der Waals surface area contributed by atoms with E-state index >= 15 is 0 Å². The Kier molecular flexibility index (Phi) is 5.59. The van der Waals surface area contributed by atoms with E-state index in [4.69, 9.17) is 4.74 Å². The number of hydrogen-bond donors (Lipinski definition) is 1. The van der Waals surface area contributed by atoms with Crippen LogP contribution in [0.3, 0.4) is 0 Å². The molecule has 0 saturated heterocycles. The number of ether oxygens (including phenoxy) is 1. The number of sulfonamides is 1. The van der Waals surface area contributed by atoms with Crippen LogP contribution in [0.4, 0.5) is 5.69 Å². The van der Waals surface area contributed by atoms with Crippen LogP contribution in [0, 0.1) is 12.8 Å². The molecule has 1 amide bonds. The van der Waals surface area contributed by atoms with Gasteiger partial charge in [0.2, 0.25) is 15.9 Å². The van der Waals surface area contributed by atoms with E-state index in [0.29, 0.717) is 19.4 Å². The molecule has 1 heterocycles. The Morgan fingerprint density at radius 2 is 2.00 bits per heavy atom. The number of amides is 1. The quantitative estimate of drug-likeness (QED) is 0.729. The first kappa shape index (κ1) is 20.9. The molecular weight excluding hydrogens is 400 g/mol. The summed E-state index contributed by atoms with van der Waals surface area (Å²) in [6.07, 6.45) is 3.24. The molecule has 1 aliphatic carbocycles. The third-order valence-electron chi connectivity index (χ3n) is 5.98. The Balaban J connectivity index is 1.56. The van der Waals surface area contributed by atoms with Crippen LogP contribution in [0.15, 0.2) is 41.3 Å². The van der Waals surface area contributed by atoms with Gasteiger partial charge in [0.25, 0.3) is 0 Å². The number of carbonyl (C=O) groups is 1. The van der Waals surface area contributed by atoms with Crippen LogP contribution in [0.2, 0.25) is 0 Å². The number of rotatable bonds is 7. The van der Waals surface area contributed by atoms with Crippen molar-refractivity contribution in [3.63, 3.8) is 0 Å². The van der Waals surface area contributed by atoms with Crippen molar-refractivity contribution < 1.29 is 17.9 Å². The number of nitrogens with one attached hydrogen (secondary N) is 1. The molecule has 2 aliphatic rings. The number of fused-ring (bicyclic) bond motifs is 1. The van der Waals surface area contributed by atoms with Gasteiger partial charge in [-0.3, -0.25) is 4.79 Å². The van der Waals surface area contributed by atoms with Gasteiger partial charge in [0.05, 0.1) is 12.0 Å². The lowest BCUT2D eigenvalue weighted by molar-refractivity contribution is -0.119. The van der Waals surface area contributed by atoms with Gasteiger partial charge >= 0.3 is 0 Å². The third-order valence-corrected chi connectivity index (χ3v) is 7.45. The SMILES string of the molecule is CC[C@H](NS(=O)(=O)c1ccc2c(c1)CCN2C(=O)C1CC1)c1ccc(OC)c(C)c1. The minimum absolute atomic E-state index is 0.152. The number of hydrogen-bond acceptors (Lipinski definition) is 4. The van der Waals surface area contributed by atoms with Crippen LogP contribution < -0.4 is 14.4 Å². The molecule has 2 aromatic rings. The molecule has 0 spiro atoms. The number of methoxy groups -OCH3 is 1. The maximum absolute atomic E-state index is 13.1. The highest BCUT2D eigenvalue weighted by atomic mass is 32.2. The Morgan fingerprint density at radius 1 is 1.23 bits per heavy atom. The number of nitrogens with zero attached hydrogens (tertiary/aromatic N) is 1. The lowest BCUT2D eigenvalue weighted by atomic mass is 10.0. The zero-order valence-electron chi connectivity index (χ0n) is 17.6. The summed E-state index contributed by atoms with van der Waals surface area (Å²) in [6, 6.07) is 10.5. The molecule has 2 aromatic carbocycles. The molecular formula is C23H28N2O4S. The van der Waals surface area contributed by atoms with Gasteiger partial charge in [-0.25, -0.2) is 13.1 Å². The van der Waals surface area contributed by atoms with Gasteiger partial charge in [-0.15, -0.1) is 0 Å². The van der Waals surface area contributed by atoms with Crippen molar-refractivity contribution in [3.8, 4) is 5.75 Å². The first-order valence-electron chi connectivity index (χ1n) is 10.4. The van der Waals surface area contributed by atoms with E-state index in [1.54, 1.807) is 25.3 Å². The number of anilines is 1. The summed E-state index contributed by atoms with van der Waals surface area (Å²) in [5.41, 5.74) is 3.64. The van der Waals surface area contributed by atoms with Crippen LogP contribution in [0.5, 0.6) is 5.75 Å². The second kappa shape index (κ2) is 8.04. The van der Waals surface area contributed by atoms with Crippen LogP contribution in [0.1, 0.15) is 48.9 Å². The predicted octanol–water partition coefficient (Wildman–Crippen LogP) is 3.73. The maximum Gasteiger partial charge on any atom is 0.241 e. The molecule has 30 heavy (non-hydrogen) atoms. The lowest BCUT2D eigenvalue weighted by Gasteiger charge is -2.20. The van der Waals surface area contributed by atoms with E-state index in [1.807, 2.05) is 36.9 Å². The van der Waals surface area contributed by atoms with Crippen LogP contribution in [0.25, 0.3) is 0 Å². The first-order valence-corrected chi connectivity index (χ1v) is 11.9. The van der Waals surface area contributed by atoms with Crippen LogP contribution in [-0.2, 0) is 21.2 Å². The number of carbonyl (C=O) groups excluding carboxylic acids is 1. The smallest absolute Gasteiger partial charge is 0.241 e. The highest BCUT2D eigenvalue weighted by Gasteiger charge is 2.36. The van der Waals surface area contributed by atoms with Gasteiger partial charge < -0.3 is 9.64 Å². The molecule has 1 saturated carbocycles. The van der Waals surface area contributed by atoms with E-state index < -0.39 is 10.0 Å². The molecule has 0 unspecified atom stereocenters. The van der Waals surface area contributed by atoms with Gasteiger partial charge in [0.15, 0.2) is 0 Å². The van der Waals surface area contributed by atoms with Gasteiger partial charge in [-0.05, 0) is 73.6 Å². The Morgan fingerprint density at radius 3 is 2.63 bits per heavy atom. The molecule has 4 rings (SSSR count). The standard InChI is InChI=1S/C23H28N2O4S/c1-4-20(17-7-10-22(29-3)15(2)13-17)24-30(27,28)19-8-9-21-18(14-19)11-12-25(21)23(26)16-5-6-16/h7-10,13-14,16,20,24H,4-6,11-12H2,1-3H3/t20-/m0/s1. The topological polar surface area (TPSA) is 75.7 Å². The normalized spacial score (nSPS) is 17.0. The fourth-order valence-corrected chi connectivity index (χ4v) is 5.44. The average molecular weight is 429 g/mol. The third kappa shape index (κ3) is 3.96. The minimum atomic E-state index is -3.70. The van der Waals surface area contributed by atoms with E-state index in [0.717, 1.165) is 41.0 Å². The number of aryl methyl sites for hydroxylation is 1. The van der Waals surface area contributed by atoms with Crippen LogP contribution >= 0.6 is 0 Å². The predicted molar refractivity (Wildman–Crippen MR) is 116 cm³/mol. The Labute approximate surface area is 178 Å². The van der Waals surface area contributed by atoms with Crippen molar-refractivity contribution in [1.29, 1.82) is 0 Å². The van der Waals surface area contributed by atoms with Crippen molar-refractivity contribution in [2.24, 2.45) is 5.92 Å². The highest BCUT2D eigenvalue weighted by Crippen LogP contribution is 2.37. The average Bonchev–Trinajstić information content (AvgIpc) is 3.50. The van der Waals surface area contributed by atoms with Gasteiger partial charge in [0.1, 0.15) is 5.75 Å². The van der Waals surface area contributed by atoms with Crippen molar-refractivity contribution in [3.05, 3.63) is 53.1 Å².